The SMILES string of the molecule is O=C(NC(=S)N(CCO)Cc1ccccc1)c1ccc(Cl)cc1. The largest absolute Gasteiger partial charge is 0.395 e. The Morgan fingerprint density at radius 1 is 1.13 bits per heavy atom. The molecule has 0 aliphatic rings. The van der Waals surface area contributed by atoms with Crippen LogP contribution >= 0.6 is 23.8 Å². The van der Waals surface area contributed by atoms with E-state index in [4.69, 9.17) is 23.8 Å². The standard InChI is InChI=1S/C17H17ClN2O2S/c18-15-8-6-14(7-9-15)16(22)19-17(23)20(10-11-21)12-13-4-2-1-3-5-13/h1-9,21H,10-12H2,(H,19,22,23). The van der Waals surface area contributed by atoms with E-state index in [9.17, 15) is 9.90 Å². The normalized spacial score (nSPS) is 10.2. The van der Waals surface area contributed by atoms with Gasteiger partial charge in [0.2, 0.25) is 0 Å². The van der Waals surface area contributed by atoms with E-state index in [2.05, 4.69) is 5.32 Å². The van der Waals surface area contributed by atoms with E-state index in [1.807, 2.05) is 30.3 Å². The van der Waals surface area contributed by atoms with Crippen molar-refractivity contribution in [1.29, 1.82) is 0 Å². The van der Waals surface area contributed by atoms with E-state index >= 15 is 0 Å². The van der Waals surface area contributed by atoms with Crippen LogP contribution in [0.1, 0.15) is 15.9 Å². The van der Waals surface area contributed by atoms with Crippen molar-refractivity contribution in [3.05, 3.63) is 70.7 Å². The predicted molar refractivity (Wildman–Crippen MR) is 95.5 cm³/mol. The molecule has 1 amide bonds. The summed E-state index contributed by atoms with van der Waals surface area (Å²) in [4.78, 5) is 13.9. The first-order valence-corrected chi connectivity index (χ1v) is 7.89. The molecule has 23 heavy (non-hydrogen) atoms. The zero-order valence-corrected chi connectivity index (χ0v) is 14.0. The molecular formula is C17H17ClN2O2S. The molecular weight excluding hydrogens is 332 g/mol. The zero-order valence-electron chi connectivity index (χ0n) is 12.4. The van der Waals surface area contributed by atoms with Crippen LogP contribution in [0, 0.1) is 0 Å². The van der Waals surface area contributed by atoms with E-state index in [0.29, 0.717) is 23.7 Å². The highest BCUT2D eigenvalue weighted by Crippen LogP contribution is 2.10. The van der Waals surface area contributed by atoms with Crippen LogP contribution in [-0.2, 0) is 6.54 Å². The maximum Gasteiger partial charge on any atom is 0.257 e. The van der Waals surface area contributed by atoms with Gasteiger partial charge in [-0.05, 0) is 42.0 Å². The Morgan fingerprint density at radius 2 is 1.78 bits per heavy atom. The number of halogens is 1. The monoisotopic (exact) mass is 348 g/mol. The van der Waals surface area contributed by atoms with E-state index < -0.39 is 0 Å². The second-order valence-corrected chi connectivity index (χ2v) is 5.72. The summed E-state index contributed by atoms with van der Waals surface area (Å²) >= 11 is 11.1. The van der Waals surface area contributed by atoms with E-state index in [1.165, 1.54) is 0 Å². The Balaban J connectivity index is 2.02. The minimum Gasteiger partial charge on any atom is -0.395 e. The molecule has 0 aromatic heterocycles. The number of carbonyl (C=O) groups is 1. The number of nitrogens with zero attached hydrogens (tertiary/aromatic N) is 1. The molecule has 0 saturated heterocycles. The Labute approximate surface area is 145 Å². The summed E-state index contributed by atoms with van der Waals surface area (Å²) < 4.78 is 0. The van der Waals surface area contributed by atoms with Gasteiger partial charge in [0, 0.05) is 23.7 Å². The molecule has 0 saturated carbocycles. The van der Waals surface area contributed by atoms with Crippen molar-refractivity contribution < 1.29 is 9.90 Å². The van der Waals surface area contributed by atoms with E-state index in [1.54, 1.807) is 29.2 Å². The summed E-state index contributed by atoms with van der Waals surface area (Å²) in [6.45, 7) is 0.805. The molecule has 0 spiro atoms. The first-order chi connectivity index (χ1) is 11.1. The van der Waals surface area contributed by atoms with Gasteiger partial charge in [-0.1, -0.05) is 41.9 Å². The van der Waals surface area contributed by atoms with Gasteiger partial charge in [-0.25, -0.2) is 0 Å². The Kier molecular flexibility index (Phi) is 6.52. The van der Waals surface area contributed by atoms with E-state index in [0.717, 1.165) is 5.56 Å². The lowest BCUT2D eigenvalue weighted by molar-refractivity contribution is 0.0972. The summed E-state index contributed by atoms with van der Waals surface area (Å²) in [7, 11) is 0. The lowest BCUT2D eigenvalue weighted by atomic mass is 10.2. The topological polar surface area (TPSA) is 52.6 Å². The number of hydrogen-bond acceptors (Lipinski definition) is 3. The smallest absolute Gasteiger partial charge is 0.257 e. The Morgan fingerprint density at radius 3 is 2.39 bits per heavy atom. The number of amides is 1. The van der Waals surface area contributed by atoms with Gasteiger partial charge in [0.1, 0.15) is 0 Å². The molecule has 0 heterocycles. The van der Waals surface area contributed by atoms with E-state index in [-0.39, 0.29) is 17.6 Å². The van der Waals surface area contributed by atoms with Crippen LogP contribution in [0.5, 0.6) is 0 Å². The van der Waals surface area contributed by atoms with Gasteiger partial charge < -0.3 is 10.0 Å². The van der Waals surface area contributed by atoms with Crippen molar-refractivity contribution in [3.8, 4) is 0 Å². The molecule has 2 aromatic carbocycles. The molecule has 0 atom stereocenters. The minimum absolute atomic E-state index is 0.0518. The predicted octanol–water partition coefficient (Wildman–Crippen LogP) is 2.85. The molecule has 0 fully saturated rings. The number of benzene rings is 2. The minimum atomic E-state index is -0.303. The summed E-state index contributed by atoms with van der Waals surface area (Å²) in [5.74, 6) is -0.303. The van der Waals surface area contributed by atoms with Gasteiger partial charge in [-0.3, -0.25) is 10.1 Å². The number of aliphatic hydroxyl groups is 1. The molecule has 120 valence electrons. The fourth-order valence-electron chi connectivity index (χ4n) is 2.03. The van der Waals surface area contributed by atoms with Crippen molar-refractivity contribution in [2.75, 3.05) is 13.2 Å². The van der Waals surface area contributed by atoms with Gasteiger partial charge in [-0.2, -0.15) is 0 Å². The fourth-order valence-corrected chi connectivity index (χ4v) is 2.40. The molecule has 0 radical (unpaired) electrons. The first-order valence-electron chi connectivity index (χ1n) is 7.11. The van der Waals surface area contributed by atoms with Gasteiger partial charge in [0.15, 0.2) is 5.11 Å². The second kappa shape index (κ2) is 8.62. The van der Waals surface area contributed by atoms with Crippen LogP contribution in [0.3, 0.4) is 0 Å². The quantitative estimate of drug-likeness (QED) is 0.816. The summed E-state index contributed by atoms with van der Waals surface area (Å²) in [6.07, 6.45) is 0. The first kappa shape index (κ1) is 17.4. The second-order valence-electron chi connectivity index (χ2n) is 4.90. The van der Waals surface area contributed by atoms with Crippen molar-refractivity contribution in [1.82, 2.24) is 10.2 Å². The number of carbonyl (C=O) groups excluding carboxylic acids is 1. The summed E-state index contributed by atoms with van der Waals surface area (Å²) in [5, 5.41) is 12.7. The summed E-state index contributed by atoms with van der Waals surface area (Å²) in [5.41, 5.74) is 1.52. The molecule has 0 aliphatic carbocycles. The van der Waals surface area contributed by atoms with Crippen LogP contribution in [0.15, 0.2) is 54.6 Å². The van der Waals surface area contributed by atoms with Crippen molar-refractivity contribution in [2.24, 2.45) is 0 Å². The average Bonchev–Trinajstić information content (AvgIpc) is 2.56. The fraction of sp³-hybridized carbons (Fsp3) is 0.176. The third kappa shape index (κ3) is 5.32. The van der Waals surface area contributed by atoms with Crippen molar-refractivity contribution in [3.63, 3.8) is 0 Å². The number of hydrogen-bond donors (Lipinski definition) is 2. The van der Waals surface area contributed by atoms with Crippen LogP contribution in [0.4, 0.5) is 0 Å². The van der Waals surface area contributed by atoms with Crippen LogP contribution in [0.2, 0.25) is 5.02 Å². The number of nitrogens with one attached hydrogen (secondary N) is 1. The average molecular weight is 349 g/mol. The van der Waals surface area contributed by atoms with Crippen molar-refractivity contribution in [2.45, 2.75) is 6.54 Å². The number of rotatable bonds is 5. The third-order valence-electron chi connectivity index (χ3n) is 3.20. The molecule has 2 N–H and O–H groups in total. The lowest BCUT2D eigenvalue weighted by Gasteiger charge is -2.24. The highest BCUT2D eigenvalue weighted by Gasteiger charge is 2.14. The molecule has 2 aromatic rings. The molecule has 0 aliphatic heterocycles. The van der Waals surface area contributed by atoms with Crippen LogP contribution < -0.4 is 5.32 Å². The Hall–Kier alpha value is -1.95. The van der Waals surface area contributed by atoms with Gasteiger partial charge in [0.25, 0.3) is 5.91 Å². The van der Waals surface area contributed by atoms with Gasteiger partial charge in [0.05, 0.1) is 6.61 Å². The third-order valence-corrected chi connectivity index (χ3v) is 3.81. The van der Waals surface area contributed by atoms with Crippen LogP contribution in [0.25, 0.3) is 0 Å². The summed E-state index contributed by atoms with van der Waals surface area (Å²) in [6, 6.07) is 16.3. The molecule has 0 bridgehead atoms. The maximum absolute atomic E-state index is 12.2. The molecule has 6 heteroatoms. The lowest BCUT2D eigenvalue weighted by Crippen LogP contribution is -2.43. The van der Waals surface area contributed by atoms with Crippen molar-refractivity contribution >= 4 is 34.8 Å². The molecule has 0 unspecified atom stereocenters. The van der Waals surface area contributed by atoms with Gasteiger partial charge in [-0.15, -0.1) is 0 Å². The molecule has 2 rings (SSSR count). The maximum atomic E-state index is 12.2. The highest BCUT2D eigenvalue weighted by atomic mass is 35.5. The number of thiocarbonyl (C=S) groups is 1. The molecule has 4 nitrogen and oxygen atoms in total. The van der Waals surface area contributed by atoms with Gasteiger partial charge >= 0.3 is 0 Å². The highest BCUT2D eigenvalue weighted by molar-refractivity contribution is 7.80. The zero-order chi connectivity index (χ0) is 16.7. The number of aliphatic hydroxyl groups excluding tert-OH is 1. The Bertz CT molecular complexity index is 662. The van der Waals surface area contributed by atoms with Crippen LogP contribution in [-0.4, -0.2) is 34.2 Å².